The van der Waals surface area contributed by atoms with Crippen LogP contribution in [0.25, 0.3) is 0 Å². The number of fused-ring (bicyclic) bond motifs is 3. The largest absolute Gasteiger partial charge is 0.506 e. The van der Waals surface area contributed by atoms with Crippen LogP contribution in [0, 0.1) is 5.41 Å². The van der Waals surface area contributed by atoms with Crippen LogP contribution in [0.3, 0.4) is 0 Å². The van der Waals surface area contributed by atoms with E-state index in [1.165, 1.54) is 0 Å². The van der Waals surface area contributed by atoms with Gasteiger partial charge in [0.25, 0.3) is 0 Å². The Hall–Kier alpha value is -0.730. The average Bonchev–Trinajstić information content (AvgIpc) is 2.56. The lowest BCUT2D eigenvalue weighted by Crippen LogP contribution is -2.30. The van der Waals surface area contributed by atoms with Crippen molar-refractivity contribution in [3.05, 3.63) is 27.2 Å². The number of Topliss-reactive ketones (excluding diaryl/α,β-unsaturated/α-hetero) is 1. The molecule has 4 heteroatoms. The molecule has 0 saturated heterocycles. The van der Waals surface area contributed by atoms with Gasteiger partial charge in [-0.15, -0.1) is 0 Å². The van der Waals surface area contributed by atoms with Crippen molar-refractivity contribution in [3.8, 4) is 5.75 Å². The molecule has 0 amide bonds. The molecule has 0 heterocycles. The van der Waals surface area contributed by atoms with Crippen molar-refractivity contribution in [1.82, 2.24) is 0 Å². The third kappa shape index (κ3) is 1.39. The zero-order valence-corrected chi connectivity index (χ0v) is 11.6. The molecule has 1 aromatic carbocycles. The zero-order valence-electron chi connectivity index (χ0n) is 10.1. The fraction of sp³-hybridized carbons (Fsp3) is 0.500. The number of hydrogen-bond acceptors (Lipinski definition) is 2. The molecule has 0 radical (unpaired) electrons. The summed E-state index contributed by atoms with van der Waals surface area (Å²) in [5.74, 6) is 0.242. The molecule has 0 aliphatic heterocycles. The van der Waals surface area contributed by atoms with Crippen LogP contribution in [0.15, 0.2) is 6.07 Å². The van der Waals surface area contributed by atoms with Gasteiger partial charge in [-0.1, -0.05) is 43.0 Å². The lowest BCUT2D eigenvalue weighted by Gasteiger charge is -2.34. The summed E-state index contributed by atoms with van der Waals surface area (Å²) in [6.45, 7) is 2.01. The van der Waals surface area contributed by atoms with Gasteiger partial charge >= 0.3 is 0 Å². The number of benzene rings is 1. The van der Waals surface area contributed by atoms with Crippen LogP contribution in [0.4, 0.5) is 0 Å². The molecule has 2 atom stereocenters. The second-order valence-electron chi connectivity index (χ2n) is 5.53. The summed E-state index contributed by atoms with van der Waals surface area (Å²) in [5.41, 5.74) is 1.06. The highest BCUT2D eigenvalue weighted by Gasteiger charge is 2.51. The second kappa shape index (κ2) is 3.88. The maximum absolute atomic E-state index is 12.6. The molecular formula is C14H14Cl2O2. The van der Waals surface area contributed by atoms with Crippen LogP contribution in [0.2, 0.25) is 10.0 Å². The van der Waals surface area contributed by atoms with Gasteiger partial charge in [-0.3, -0.25) is 4.79 Å². The van der Waals surface area contributed by atoms with E-state index in [9.17, 15) is 9.90 Å². The first-order chi connectivity index (χ1) is 8.47. The lowest BCUT2D eigenvalue weighted by molar-refractivity contribution is 0.0748. The van der Waals surface area contributed by atoms with Gasteiger partial charge < -0.3 is 5.11 Å². The van der Waals surface area contributed by atoms with Crippen LogP contribution >= 0.6 is 23.2 Å². The van der Waals surface area contributed by atoms with Gasteiger partial charge in [0.2, 0.25) is 0 Å². The van der Waals surface area contributed by atoms with Crippen molar-refractivity contribution in [3.63, 3.8) is 0 Å². The van der Waals surface area contributed by atoms with Crippen LogP contribution in [-0.4, -0.2) is 10.9 Å². The Morgan fingerprint density at radius 2 is 2.06 bits per heavy atom. The van der Waals surface area contributed by atoms with E-state index in [-0.39, 0.29) is 32.9 Å². The van der Waals surface area contributed by atoms with Crippen molar-refractivity contribution >= 4 is 29.0 Å². The molecule has 1 fully saturated rings. The standard InChI is InChI=1S/C14H14Cl2O2/c1-14-5-3-2-4-8(14)7-6-9(17)11(15)12(16)10(7)13(14)18/h6,8,17H,2-5H2,1H3/t8-,14+/m0/s1. The van der Waals surface area contributed by atoms with E-state index in [4.69, 9.17) is 23.2 Å². The van der Waals surface area contributed by atoms with E-state index >= 15 is 0 Å². The topological polar surface area (TPSA) is 37.3 Å². The van der Waals surface area contributed by atoms with Gasteiger partial charge in [-0.25, -0.2) is 0 Å². The van der Waals surface area contributed by atoms with E-state index in [1.54, 1.807) is 6.07 Å². The number of hydrogen-bond donors (Lipinski definition) is 1. The van der Waals surface area contributed by atoms with Gasteiger partial charge in [0.15, 0.2) is 5.78 Å². The molecule has 0 unspecified atom stereocenters. The third-order valence-corrected chi connectivity index (χ3v) is 5.40. The SMILES string of the molecule is C[C@@]12CCCC[C@H]1c1cc(O)c(Cl)c(Cl)c1C2=O. The number of halogens is 2. The molecule has 1 aromatic rings. The number of phenols is 1. The number of carbonyl (C=O) groups excluding carboxylic acids is 1. The Morgan fingerprint density at radius 3 is 2.78 bits per heavy atom. The molecular weight excluding hydrogens is 271 g/mol. The van der Waals surface area contributed by atoms with Gasteiger partial charge in [0.05, 0.1) is 5.02 Å². The summed E-state index contributed by atoms with van der Waals surface area (Å²) >= 11 is 12.1. The zero-order chi connectivity index (χ0) is 13.1. The fourth-order valence-electron chi connectivity index (χ4n) is 3.53. The molecule has 3 rings (SSSR count). The highest BCUT2D eigenvalue weighted by molar-refractivity contribution is 6.45. The second-order valence-corrected chi connectivity index (χ2v) is 6.29. The van der Waals surface area contributed by atoms with E-state index in [0.717, 1.165) is 31.2 Å². The van der Waals surface area contributed by atoms with Gasteiger partial charge in [0, 0.05) is 11.0 Å². The predicted molar refractivity (Wildman–Crippen MR) is 71.8 cm³/mol. The van der Waals surface area contributed by atoms with E-state index < -0.39 is 0 Å². The van der Waals surface area contributed by atoms with Crippen LogP contribution < -0.4 is 0 Å². The number of ketones is 1. The summed E-state index contributed by atoms with van der Waals surface area (Å²) in [4.78, 5) is 12.6. The highest BCUT2D eigenvalue weighted by Crippen LogP contribution is 2.58. The number of aromatic hydroxyl groups is 1. The minimum Gasteiger partial charge on any atom is -0.506 e. The molecule has 96 valence electrons. The summed E-state index contributed by atoms with van der Waals surface area (Å²) in [5, 5.41) is 10.1. The summed E-state index contributed by atoms with van der Waals surface area (Å²) < 4.78 is 0. The molecule has 2 aliphatic carbocycles. The van der Waals surface area contributed by atoms with Crippen LogP contribution in [-0.2, 0) is 0 Å². The van der Waals surface area contributed by atoms with Gasteiger partial charge in [-0.2, -0.15) is 0 Å². The van der Waals surface area contributed by atoms with Crippen molar-refractivity contribution in [2.75, 3.05) is 0 Å². The van der Waals surface area contributed by atoms with Crippen LogP contribution in [0.5, 0.6) is 5.75 Å². The third-order valence-electron chi connectivity index (χ3n) is 4.55. The average molecular weight is 285 g/mol. The first-order valence-corrected chi connectivity index (χ1v) is 6.98. The van der Waals surface area contributed by atoms with Gasteiger partial charge in [0.1, 0.15) is 10.8 Å². The van der Waals surface area contributed by atoms with E-state index in [0.29, 0.717) is 5.56 Å². The monoisotopic (exact) mass is 284 g/mol. The Bertz CT molecular complexity index is 553. The Kier molecular flexibility index (Phi) is 2.65. The maximum atomic E-state index is 12.6. The molecule has 0 aromatic heterocycles. The van der Waals surface area contributed by atoms with Crippen molar-refractivity contribution in [2.24, 2.45) is 5.41 Å². The molecule has 2 nitrogen and oxygen atoms in total. The number of rotatable bonds is 0. The van der Waals surface area contributed by atoms with Crippen LogP contribution in [0.1, 0.15) is 54.4 Å². The normalized spacial score (nSPS) is 30.2. The molecule has 18 heavy (non-hydrogen) atoms. The minimum atomic E-state index is -0.360. The van der Waals surface area contributed by atoms with Crippen molar-refractivity contribution in [1.29, 1.82) is 0 Å². The molecule has 1 N–H and O–H groups in total. The fourth-order valence-corrected chi connectivity index (χ4v) is 3.97. The first-order valence-electron chi connectivity index (χ1n) is 6.22. The molecule has 0 spiro atoms. The van der Waals surface area contributed by atoms with E-state index in [1.807, 2.05) is 6.92 Å². The summed E-state index contributed by atoms with van der Waals surface area (Å²) in [7, 11) is 0. The van der Waals surface area contributed by atoms with Crippen molar-refractivity contribution < 1.29 is 9.90 Å². The Morgan fingerprint density at radius 1 is 1.33 bits per heavy atom. The maximum Gasteiger partial charge on any atom is 0.171 e. The van der Waals surface area contributed by atoms with Crippen molar-refractivity contribution in [2.45, 2.75) is 38.5 Å². The lowest BCUT2D eigenvalue weighted by atomic mass is 9.68. The smallest absolute Gasteiger partial charge is 0.171 e. The molecule has 2 aliphatic rings. The highest BCUT2D eigenvalue weighted by atomic mass is 35.5. The minimum absolute atomic E-state index is 0.0250. The molecule has 0 bridgehead atoms. The Labute approximate surface area is 116 Å². The predicted octanol–water partition coefficient (Wildman–Crippen LogP) is 4.56. The van der Waals surface area contributed by atoms with E-state index in [2.05, 4.69) is 0 Å². The first kappa shape index (κ1) is 12.3. The van der Waals surface area contributed by atoms with Gasteiger partial charge in [-0.05, 0) is 30.4 Å². The number of carbonyl (C=O) groups is 1. The Balaban J connectivity index is 2.27. The quantitative estimate of drug-likeness (QED) is 0.758. The summed E-state index contributed by atoms with van der Waals surface area (Å²) in [6, 6.07) is 1.63. The number of phenolic OH excluding ortho intramolecular Hbond substituents is 1. The molecule has 1 saturated carbocycles. The summed E-state index contributed by atoms with van der Waals surface area (Å²) in [6.07, 6.45) is 4.06.